The van der Waals surface area contributed by atoms with E-state index in [1.165, 1.54) is 0 Å². The van der Waals surface area contributed by atoms with Crippen LogP contribution in [0.2, 0.25) is 0 Å². The van der Waals surface area contributed by atoms with Crippen LogP contribution < -0.4 is 26.3 Å². The lowest BCUT2D eigenvalue weighted by molar-refractivity contribution is 0.390. The van der Waals surface area contributed by atoms with E-state index in [4.69, 9.17) is 32.5 Å². The second kappa shape index (κ2) is 7.04. The first-order chi connectivity index (χ1) is 10.9. The maximum atomic E-state index is 6.07. The van der Waals surface area contributed by atoms with Crippen molar-refractivity contribution >= 4 is 11.6 Å². The second-order valence-corrected chi connectivity index (χ2v) is 6.36. The van der Waals surface area contributed by atoms with Crippen molar-refractivity contribution in [1.29, 1.82) is 0 Å². The maximum absolute atomic E-state index is 6.07. The summed E-state index contributed by atoms with van der Waals surface area (Å²) in [6.45, 7) is 2.66. The van der Waals surface area contributed by atoms with Gasteiger partial charge in [-0.3, -0.25) is 0 Å². The molecule has 0 spiro atoms. The predicted octanol–water partition coefficient (Wildman–Crippen LogP) is 2.80. The Balaban J connectivity index is 2.08. The molecular weight excluding hydrogens is 314 g/mol. The molecule has 23 heavy (non-hydrogen) atoms. The quantitative estimate of drug-likeness (QED) is 0.526. The third-order valence-electron chi connectivity index (χ3n) is 4.18. The fourth-order valence-corrected chi connectivity index (χ4v) is 2.67. The van der Waals surface area contributed by atoms with Gasteiger partial charge in [-0.05, 0) is 42.0 Å². The highest BCUT2D eigenvalue weighted by atomic mass is 35.5. The zero-order chi connectivity index (χ0) is 17.0. The fourth-order valence-electron chi connectivity index (χ4n) is 2.39. The van der Waals surface area contributed by atoms with Crippen LogP contribution in [0.15, 0.2) is 40.8 Å². The minimum atomic E-state index is 0.0515. The predicted molar refractivity (Wildman–Crippen MR) is 93.1 cm³/mol. The van der Waals surface area contributed by atoms with Crippen LogP contribution in [0.25, 0.3) is 0 Å². The second-order valence-electron chi connectivity index (χ2n) is 5.95. The highest BCUT2D eigenvalue weighted by molar-refractivity contribution is 6.29. The highest BCUT2D eigenvalue weighted by Crippen LogP contribution is 2.52. The van der Waals surface area contributed by atoms with Gasteiger partial charge in [-0.25, -0.2) is 0 Å². The van der Waals surface area contributed by atoms with Crippen molar-refractivity contribution in [3.8, 4) is 11.5 Å². The van der Waals surface area contributed by atoms with E-state index in [9.17, 15) is 0 Å². The average Bonchev–Trinajstić information content (AvgIpc) is 3.28. The number of halogens is 1. The Morgan fingerprint density at radius 3 is 2.52 bits per heavy atom. The lowest BCUT2D eigenvalue weighted by Gasteiger charge is -2.15. The van der Waals surface area contributed by atoms with Crippen molar-refractivity contribution in [2.75, 3.05) is 14.2 Å². The number of benzene rings is 1. The smallest absolute Gasteiger partial charge is 0.127 e. The third kappa shape index (κ3) is 4.26. The Morgan fingerprint density at radius 1 is 1.30 bits per heavy atom. The number of hydrogen-bond acceptors (Lipinski definition) is 5. The molecule has 1 aromatic rings. The molecule has 0 bridgehead atoms. The van der Waals surface area contributed by atoms with Crippen LogP contribution in [-0.4, -0.2) is 14.2 Å². The Hall–Kier alpha value is -2.01. The molecule has 0 radical (unpaired) electrons. The molecule has 5 nitrogen and oxygen atoms in total. The Morgan fingerprint density at radius 2 is 2.00 bits per heavy atom. The summed E-state index contributed by atoms with van der Waals surface area (Å²) in [5, 5.41) is 3.47. The topological polar surface area (TPSA) is 82.5 Å². The van der Waals surface area contributed by atoms with Gasteiger partial charge in [-0.1, -0.05) is 18.5 Å². The molecule has 6 heteroatoms. The molecule has 0 aromatic heterocycles. The van der Waals surface area contributed by atoms with Crippen LogP contribution in [0.1, 0.15) is 25.3 Å². The van der Waals surface area contributed by atoms with E-state index in [-0.39, 0.29) is 5.41 Å². The summed E-state index contributed by atoms with van der Waals surface area (Å²) in [4.78, 5) is 0. The fraction of sp³-hybridized carbons (Fsp3) is 0.412. The lowest BCUT2D eigenvalue weighted by Crippen LogP contribution is -2.21. The first kappa shape index (κ1) is 17.3. The van der Waals surface area contributed by atoms with E-state index in [1.54, 1.807) is 14.2 Å². The van der Waals surface area contributed by atoms with Gasteiger partial charge in [0.15, 0.2) is 0 Å². The van der Waals surface area contributed by atoms with E-state index >= 15 is 0 Å². The summed E-state index contributed by atoms with van der Waals surface area (Å²) in [6.07, 6.45) is 3.98. The normalized spacial score (nSPS) is 17.3. The monoisotopic (exact) mass is 337 g/mol. The maximum Gasteiger partial charge on any atom is 0.127 e. The van der Waals surface area contributed by atoms with Crippen molar-refractivity contribution in [1.82, 2.24) is 5.32 Å². The van der Waals surface area contributed by atoms with Crippen LogP contribution in [0.3, 0.4) is 0 Å². The summed E-state index contributed by atoms with van der Waals surface area (Å²) in [5.41, 5.74) is 13.8. The molecule has 0 saturated heterocycles. The zero-order valence-corrected chi connectivity index (χ0v) is 14.5. The summed E-state index contributed by atoms with van der Waals surface area (Å²) in [5.74, 6) is 2.01. The van der Waals surface area contributed by atoms with Crippen LogP contribution in [0.4, 0.5) is 0 Å². The molecular formula is C17H24ClN3O2. The number of allylic oxidation sites excluding steroid dienone is 2. The van der Waals surface area contributed by atoms with Crippen molar-refractivity contribution in [2.45, 2.75) is 26.3 Å². The number of nitrogens with two attached hydrogens (primary N) is 2. The molecule has 0 atom stereocenters. The summed E-state index contributed by atoms with van der Waals surface area (Å²) >= 11 is 6.01. The van der Waals surface area contributed by atoms with E-state index in [0.717, 1.165) is 35.5 Å². The number of rotatable bonds is 7. The van der Waals surface area contributed by atoms with Crippen LogP contribution in [-0.2, 0) is 6.54 Å². The Bertz CT molecular complexity index is 633. The summed E-state index contributed by atoms with van der Waals surface area (Å²) in [7, 11) is 3.25. The zero-order valence-electron chi connectivity index (χ0n) is 13.8. The summed E-state index contributed by atoms with van der Waals surface area (Å²) in [6, 6.07) is 5.66. The van der Waals surface area contributed by atoms with E-state index in [1.807, 2.05) is 24.3 Å². The van der Waals surface area contributed by atoms with Crippen LogP contribution in [0.5, 0.6) is 11.5 Å². The van der Waals surface area contributed by atoms with E-state index in [0.29, 0.717) is 17.5 Å². The van der Waals surface area contributed by atoms with Gasteiger partial charge in [-0.15, -0.1) is 0 Å². The molecule has 0 amide bonds. The van der Waals surface area contributed by atoms with Gasteiger partial charge in [-0.2, -0.15) is 0 Å². The van der Waals surface area contributed by atoms with Gasteiger partial charge in [0, 0.05) is 18.2 Å². The van der Waals surface area contributed by atoms with Gasteiger partial charge < -0.3 is 26.3 Å². The van der Waals surface area contributed by atoms with Gasteiger partial charge in [0.2, 0.25) is 0 Å². The first-order valence-corrected chi connectivity index (χ1v) is 7.85. The molecule has 1 fully saturated rings. The number of hydrogen-bond donors (Lipinski definition) is 3. The van der Waals surface area contributed by atoms with Gasteiger partial charge in [0.1, 0.15) is 16.7 Å². The molecule has 2 rings (SSSR count). The van der Waals surface area contributed by atoms with Crippen molar-refractivity contribution < 1.29 is 9.47 Å². The van der Waals surface area contributed by atoms with E-state index in [2.05, 4.69) is 12.2 Å². The van der Waals surface area contributed by atoms with Crippen molar-refractivity contribution in [3.63, 3.8) is 0 Å². The Labute approximate surface area is 142 Å². The molecule has 1 aromatic carbocycles. The van der Waals surface area contributed by atoms with Gasteiger partial charge >= 0.3 is 0 Å². The van der Waals surface area contributed by atoms with E-state index < -0.39 is 0 Å². The molecule has 0 unspecified atom stereocenters. The van der Waals surface area contributed by atoms with Crippen LogP contribution in [0, 0.1) is 5.41 Å². The molecule has 126 valence electrons. The highest BCUT2D eigenvalue weighted by Gasteiger charge is 2.41. The van der Waals surface area contributed by atoms with Crippen LogP contribution >= 0.6 is 11.6 Å². The van der Waals surface area contributed by atoms with Gasteiger partial charge in [0.05, 0.1) is 20.0 Å². The molecule has 5 N–H and O–H groups in total. The molecule has 0 heterocycles. The number of nitrogens with one attached hydrogen (secondary N) is 1. The van der Waals surface area contributed by atoms with Crippen molar-refractivity contribution in [3.05, 3.63) is 46.4 Å². The largest absolute Gasteiger partial charge is 0.497 e. The molecule has 0 aliphatic heterocycles. The summed E-state index contributed by atoms with van der Waals surface area (Å²) < 4.78 is 10.6. The standard InChI is InChI=1S/C17H24ClN3O2/c1-17(6-7-17)13(16(18)20)9-15(19)21-10-11-4-5-12(22-2)8-14(11)23-3/h4-5,8-9,21H,6-7,10,19-20H2,1-3H3/b15-9+,16-13+. The Kier molecular flexibility index (Phi) is 5.31. The number of methoxy groups -OCH3 is 2. The SMILES string of the molecule is COc1ccc(CN/C(N)=C/C(=C(\N)Cl)C2(C)CC2)c(OC)c1. The molecule has 1 saturated carbocycles. The lowest BCUT2D eigenvalue weighted by atomic mass is 9.99. The molecule has 1 aliphatic rings. The third-order valence-corrected chi connectivity index (χ3v) is 4.39. The van der Waals surface area contributed by atoms with Gasteiger partial charge in [0.25, 0.3) is 0 Å². The first-order valence-electron chi connectivity index (χ1n) is 7.47. The average molecular weight is 338 g/mol. The number of ether oxygens (including phenoxy) is 2. The van der Waals surface area contributed by atoms with Crippen molar-refractivity contribution in [2.24, 2.45) is 16.9 Å². The molecule has 1 aliphatic carbocycles. The minimum absolute atomic E-state index is 0.0515. The minimum Gasteiger partial charge on any atom is -0.497 e.